The first-order valence-corrected chi connectivity index (χ1v) is 8.34. The molecule has 0 bridgehead atoms. The molecule has 2 atom stereocenters. The zero-order chi connectivity index (χ0) is 15.7. The predicted molar refractivity (Wildman–Crippen MR) is 84.2 cm³/mol. The number of carbonyl (C=O) groups is 2. The Balaban J connectivity index is 1.94. The van der Waals surface area contributed by atoms with Gasteiger partial charge in [-0.05, 0) is 30.5 Å². The van der Waals surface area contributed by atoms with Crippen LogP contribution in [0.3, 0.4) is 0 Å². The Morgan fingerprint density at radius 2 is 1.82 bits per heavy atom. The molecule has 0 N–H and O–H groups in total. The molecule has 0 radical (unpaired) electrons. The quantitative estimate of drug-likeness (QED) is 0.855. The largest absolute Gasteiger partial charge is 0.493 e. The summed E-state index contributed by atoms with van der Waals surface area (Å²) in [5, 5.41) is 0.119. The zero-order valence-corrected chi connectivity index (χ0v) is 13.5. The van der Waals surface area contributed by atoms with Crippen molar-refractivity contribution < 1.29 is 19.1 Å². The summed E-state index contributed by atoms with van der Waals surface area (Å²) in [4.78, 5) is 26.4. The third kappa shape index (κ3) is 2.56. The number of ether oxygens (including phenoxy) is 2. The molecule has 6 heteroatoms. The molecule has 3 rings (SSSR count). The SMILES string of the molecule is COc1ccc(C2CCC3C(=O)SCCC(=O)N32)cc1OC. The van der Waals surface area contributed by atoms with Crippen molar-refractivity contribution in [3.63, 3.8) is 0 Å². The molecular weight excluding hydrogens is 302 g/mol. The number of thioether (sulfide) groups is 1. The summed E-state index contributed by atoms with van der Waals surface area (Å²) in [6.45, 7) is 0. The van der Waals surface area contributed by atoms with Gasteiger partial charge in [-0.15, -0.1) is 0 Å². The number of amides is 1. The lowest BCUT2D eigenvalue weighted by Crippen LogP contribution is -2.39. The van der Waals surface area contributed by atoms with Gasteiger partial charge in [-0.25, -0.2) is 0 Å². The van der Waals surface area contributed by atoms with Gasteiger partial charge in [0.15, 0.2) is 11.5 Å². The van der Waals surface area contributed by atoms with Crippen LogP contribution >= 0.6 is 11.8 Å². The first-order chi connectivity index (χ1) is 10.7. The second kappa shape index (κ2) is 6.20. The van der Waals surface area contributed by atoms with Crippen molar-refractivity contribution in [2.24, 2.45) is 0 Å². The van der Waals surface area contributed by atoms with Gasteiger partial charge < -0.3 is 14.4 Å². The summed E-state index contributed by atoms with van der Waals surface area (Å²) in [7, 11) is 3.19. The van der Waals surface area contributed by atoms with E-state index >= 15 is 0 Å². The summed E-state index contributed by atoms with van der Waals surface area (Å²) in [5.41, 5.74) is 0.994. The summed E-state index contributed by atoms with van der Waals surface area (Å²) >= 11 is 1.28. The summed E-state index contributed by atoms with van der Waals surface area (Å²) in [5.74, 6) is 1.96. The van der Waals surface area contributed by atoms with E-state index in [1.54, 1.807) is 19.1 Å². The number of rotatable bonds is 3. The lowest BCUT2D eigenvalue weighted by Gasteiger charge is -2.28. The van der Waals surface area contributed by atoms with E-state index < -0.39 is 0 Å². The van der Waals surface area contributed by atoms with Crippen LogP contribution in [0.5, 0.6) is 11.5 Å². The van der Waals surface area contributed by atoms with Crippen LogP contribution < -0.4 is 9.47 Å². The fourth-order valence-corrected chi connectivity index (χ4v) is 4.14. The van der Waals surface area contributed by atoms with E-state index in [0.29, 0.717) is 23.7 Å². The lowest BCUT2D eigenvalue weighted by molar-refractivity contribution is -0.136. The zero-order valence-electron chi connectivity index (χ0n) is 12.7. The first kappa shape index (κ1) is 15.2. The average molecular weight is 321 g/mol. The van der Waals surface area contributed by atoms with Crippen molar-refractivity contribution in [3.05, 3.63) is 23.8 Å². The van der Waals surface area contributed by atoms with Crippen molar-refractivity contribution in [1.29, 1.82) is 0 Å². The molecule has 2 aliphatic rings. The fourth-order valence-electron chi connectivity index (χ4n) is 3.24. The van der Waals surface area contributed by atoms with Gasteiger partial charge in [0.2, 0.25) is 11.0 Å². The highest BCUT2D eigenvalue weighted by atomic mass is 32.2. The maximum atomic E-state index is 12.4. The third-order valence-corrected chi connectivity index (χ3v) is 5.26. The number of fused-ring (bicyclic) bond motifs is 1. The van der Waals surface area contributed by atoms with E-state index in [1.165, 1.54) is 11.8 Å². The minimum Gasteiger partial charge on any atom is -0.493 e. The Kier molecular flexibility index (Phi) is 4.29. The summed E-state index contributed by atoms with van der Waals surface area (Å²) in [6, 6.07) is 5.37. The second-order valence-corrected chi connectivity index (χ2v) is 6.54. The highest BCUT2D eigenvalue weighted by Crippen LogP contribution is 2.42. The molecule has 118 valence electrons. The minimum atomic E-state index is -0.280. The Bertz CT molecular complexity index is 604. The Morgan fingerprint density at radius 1 is 1.09 bits per heavy atom. The Hall–Kier alpha value is -1.69. The van der Waals surface area contributed by atoms with Gasteiger partial charge in [-0.3, -0.25) is 9.59 Å². The fraction of sp³-hybridized carbons (Fsp3) is 0.500. The van der Waals surface area contributed by atoms with E-state index in [-0.39, 0.29) is 23.1 Å². The van der Waals surface area contributed by atoms with Gasteiger partial charge in [0.05, 0.1) is 20.3 Å². The maximum absolute atomic E-state index is 12.4. The number of nitrogens with zero attached hydrogens (tertiary/aromatic N) is 1. The number of benzene rings is 1. The van der Waals surface area contributed by atoms with Crippen LogP contribution in [-0.4, -0.2) is 41.9 Å². The molecule has 2 fully saturated rings. The van der Waals surface area contributed by atoms with Crippen LogP contribution in [0.15, 0.2) is 18.2 Å². The number of methoxy groups -OCH3 is 2. The van der Waals surface area contributed by atoms with Gasteiger partial charge in [0.25, 0.3) is 0 Å². The van der Waals surface area contributed by atoms with Gasteiger partial charge in [0.1, 0.15) is 6.04 Å². The number of hydrogen-bond acceptors (Lipinski definition) is 5. The standard InChI is InChI=1S/C16H19NO4S/c1-20-13-6-3-10(9-14(13)21-2)11-4-5-12-16(19)22-8-7-15(18)17(11)12/h3,6,9,11-12H,4-5,7-8H2,1-2H3. The van der Waals surface area contributed by atoms with Crippen LogP contribution in [0.1, 0.15) is 30.9 Å². The molecule has 1 amide bonds. The van der Waals surface area contributed by atoms with E-state index in [2.05, 4.69) is 0 Å². The van der Waals surface area contributed by atoms with Crippen molar-refractivity contribution in [2.75, 3.05) is 20.0 Å². The molecule has 2 heterocycles. The van der Waals surface area contributed by atoms with Gasteiger partial charge >= 0.3 is 0 Å². The Labute approximate surface area is 134 Å². The smallest absolute Gasteiger partial charge is 0.224 e. The van der Waals surface area contributed by atoms with Crippen molar-refractivity contribution in [2.45, 2.75) is 31.3 Å². The van der Waals surface area contributed by atoms with Crippen LogP contribution in [-0.2, 0) is 9.59 Å². The van der Waals surface area contributed by atoms with Crippen LogP contribution in [0.4, 0.5) is 0 Å². The van der Waals surface area contributed by atoms with Crippen molar-refractivity contribution in [3.8, 4) is 11.5 Å². The molecule has 0 saturated carbocycles. The molecule has 0 spiro atoms. The van der Waals surface area contributed by atoms with Gasteiger partial charge in [-0.2, -0.15) is 0 Å². The summed E-state index contributed by atoms with van der Waals surface area (Å²) in [6.07, 6.45) is 1.96. The molecule has 1 aromatic rings. The molecule has 22 heavy (non-hydrogen) atoms. The molecule has 2 unspecified atom stereocenters. The number of carbonyl (C=O) groups excluding carboxylic acids is 2. The molecule has 2 aliphatic heterocycles. The van der Waals surface area contributed by atoms with Crippen molar-refractivity contribution in [1.82, 2.24) is 4.90 Å². The van der Waals surface area contributed by atoms with Crippen LogP contribution in [0, 0.1) is 0 Å². The van der Waals surface area contributed by atoms with Crippen LogP contribution in [0.25, 0.3) is 0 Å². The van der Waals surface area contributed by atoms with Gasteiger partial charge in [-0.1, -0.05) is 17.8 Å². The van der Waals surface area contributed by atoms with E-state index in [1.807, 2.05) is 18.2 Å². The molecule has 0 aromatic heterocycles. The molecular formula is C16H19NO4S. The van der Waals surface area contributed by atoms with Crippen LogP contribution in [0.2, 0.25) is 0 Å². The van der Waals surface area contributed by atoms with Gasteiger partial charge in [0, 0.05) is 12.2 Å². The molecule has 2 saturated heterocycles. The monoisotopic (exact) mass is 321 g/mol. The summed E-state index contributed by atoms with van der Waals surface area (Å²) < 4.78 is 10.6. The molecule has 0 aliphatic carbocycles. The topological polar surface area (TPSA) is 55.8 Å². The maximum Gasteiger partial charge on any atom is 0.224 e. The minimum absolute atomic E-state index is 0.0556. The second-order valence-electron chi connectivity index (χ2n) is 5.44. The Morgan fingerprint density at radius 3 is 2.55 bits per heavy atom. The number of hydrogen-bond donors (Lipinski definition) is 0. The first-order valence-electron chi connectivity index (χ1n) is 7.35. The normalized spacial score (nSPS) is 24.9. The highest BCUT2D eigenvalue weighted by molar-refractivity contribution is 8.13. The molecule has 5 nitrogen and oxygen atoms in total. The third-order valence-electron chi connectivity index (χ3n) is 4.30. The van der Waals surface area contributed by atoms with E-state index in [0.717, 1.165) is 18.4 Å². The van der Waals surface area contributed by atoms with E-state index in [9.17, 15) is 9.59 Å². The highest BCUT2D eigenvalue weighted by Gasteiger charge is 2.43. The molecule has 1 aromatic carbocycles. The lowest BCUT2D eigenvalue weighted by atomic mass is 10.0. The predicted octanol–water partition coefficient (Wildman–Crippen LogP) is 2.40. The van der Waals surface area contributed by atoms with Crippen molar-refractivity contribution >= 4 is 22.8 Å². The average Bonchev–Trinajstić information content (AvgIpc) is 2.93. The van der Waals surface area contributed by atoms with E-state index in [4.69, 9.17) is 9.47 Å².